The average molecular weight is 509 g/mol. The lowest BCUT2D eigenvalue weighted by Crippen LogP contribution is -2.40. The van der Waals surface area contributed by atoms with Gasteiger partial charge < -0.3 is 19.7 Å². The zero-order valence-electron chi connectivity index (χ0n) is 20.2. The molecule has 2 aromatic rings. The summed E-state index contributed by atoms with van der Waals surface area (Å²) < 4.78 is 35.3. The van der Waals surface area contributed by atoms with Gasteiger partial charge in [-0.25, -0.2) is 13.8 Å². The number of rotatable bonds is 10. The predicted molar refractivity (Wildman–Crippen MR) is 130 cm³/mol. The van der Waals surface area contributed by atoms with E-state index in [4.69, 9.17) is 9.47 Å². The maximum atomic E-state index is 12.4. The van der Waals surface area contributed by atoms with Crippen LogP contribution < -0.4 is 14.8 Å². The molecule has 1 amide bonds. The van der Waals surface area contributed by atoms with E-state index in [9.17, 15) is 13.6 Å². The van der Waals surface area contributed by atoms with Gasteiger partial charge in [-0.05, 0) is 70.0 Å². The molecule has 1 N–H and O–H groups in total. The molecule has 1 aliphatic heterocycles. The second-order valence-corrected chi connectivity index (χ2v) is 10.4. The van der Waals surface area contributed by atoms with Gasteiger partial charge in [0.05, 0.1) is 11.9 Å². The summed E-state index contributed by atoms with van der Waals surface area (Å²) in [6, 6.07) is 3.91. The number of nitrogens with zero attached hydrogens (tertiary/aromatic N) is 3. The molecule has 2 aliphatic rings. The summed E-state index contributed by atoms with van der Waals surface area (Å²) in [4.78, 5) is 24.5. The summed E-state index contributed by atoms with van der Waals surface area (Å²) in [7, 11) is 0. The van der Waals surface area contributed by atoms with Gasteiger partial charge in [0.1, 0.15) is 5.75 Å². The summed E-state index contributed by atoms with van der Waals surface area (Å²) in [5.74, 6) is 1.21. The van der Waals surface area contributed by atoms with Crippen molar-refractivity contribution in [3.63, 3.8) is 0 Å². The molecular formula is C25H34F2N4O3S. The van der Waals surface area contributed by atoms with Gasteiger partial charge in [-0.2, -0.15) is 0 Å². The molecule has 7 nitrogen and oxygen atoms in total. The Kier molecular flexibility index (Phi) is 9.25. The number of fused-ring (bicyclic) bond motifs is 1. The Morgan fingerprint density at radius 1 is 1.20 bits per heavy atom. The normalized spacial score (nSPS) is 20.8. The number of thiazole rings is 1. The van der Waals surface area contributed by atoms with E-state index >= 15 is 0 Å². The summed E-state index contributed by atoms with van der Waals surface area (Å²) in [5, 5.41) is 3.48. The van der Waals surface area contributed by atoms with Crippen LogP contribution in [-0.4, -0.2) is 66.1 Å². The highest BCUT2D eigenvalue weighted by Crippen LogP contribution is 2.30. The number of carbonyl (C=O) groups excluding carboxylic acids is 1. The van der Waals surface area contributed by atoms with Crippen molar-refractivity contribution in [2.45, 2.75) is 64.3 Å². The quantitative estimate of drug-likeness (QED) is 0.522. The lowest BCUT2D eigenvalue weighted by molar-refractivity contribution is -0.124. The molecule has 35 heavy (non-hydrogen) atoms. The molecule has 0 spiro atoms. The smallest absolute Gasteiger partial charge is 0.273 e. The number of pyridine rings is 1. The summed E-state index contributed by atoms with van der Waals surface area (Å²) >= 11 is 1.41. The van der Waals surface area contributed by atoms with Crippen LogP contribution in [0.25, 0.3) is 0 Å². The maximum absolute atomic E-state index is 12.4. The fraction of sp³-hybridized carbons (Fsp3) is 0.640. The summed E-state index contributed by atoms with van der Waals surface area (Å²) in [5.41, 5.74) is 1.91. The molecule has 0 atom stereocenters. The van der Waals surface area contributed by atoms with Gasteiger partial charge in [0.2, 0.25) is 0 Å². The summed E-state index contributed by atoms with van der Waals surface area (Å²) in [6.07, 6.45) is 6.31. The van der Waals surface area contributed by atoms with E-state index in [1.807, 2.05) is 19.1 Å². The fourth-order valence-corrected chi connectivity index (χ4v) is 5.68. The van der Waals surface area contributed by atoms with Crippen LogP contribution in [0, 0.1) is 12.8 Å². The Balaban J connectivity index is 1.10. The Labute approximate surface area is 209 Å². The van der Waals surface area contributed by atoms with Crippen LogP contribution in [0.2, 0.25) is 0 Å². The molecule has 0 saturated heterocycles. The first-order chi connectivity index (χ1) is 16.9. The van der Waals surface area contributed by atoms with Crippen LogP contribution in [0.5, 0.6) is 10.9 Å². The van der Waals surface area contributed by atoms with E-state index in [1.54, 1.807) is 6.20 Å². The number of halogens is 2. The van der Waals surface area contributed by atoms with Crippen molar-refractivity contribution in [2.24, 2.45) is 5.92 Å². The number of nitrogens with one attached hydrogen (secondary N) is 1. The predicted octanol–water partition coefficient (Wildman–Crippen LogP) is 4.04. The monoisotopic (exact) mass is 508 g/mol. The minimum absolute atomic E-state index is 0.0137. The molecule has 1 saturated carbocycles. The van der Waals surface area contributed by atoms with Crippen LogP contribution >= 0.6 is 11.3 Å². The Bertz CT molecular complexity index is 923. The molecule has 3 heterocycles. The number of carbonyl (C=O) groups is 1. The van der Waals surface area contributed by atoms with Crippen LogP contribution in [0.4, 0.5) is 8.78 Å². The molecule has 1 fully saturated rings. The van der Waals surface area contributed by atoms with E-state index in [0.29, 0.717) is 16.9 Å². The van der Waals surface area contributed by atoms with Gasteiger partial charge in [-0.1, -0.05) is 11.3 Å². The second kappa shape index (κ2) is 12.6. The topological polar surface area (TPSA) is 76.6 Å². The van der Waals surface area contributed by atoms with Gasteiger partial charge >= 0.3 is 0 Å². The van der Waals surface area contributed by atoms with Gasteiger partial charge in [-0.3, -0.25) is 9.78 Å². The van der Waals surface area contributed by atoms with Crippen LogP contribution in [-0.2, 0) is 17.6 Å². The standard InChI is InChI=1S/C25H34F2N4O3S/c1-17-2-7-20(14-28-17)33-16-24(32)29-19-5-3-18(4-6-19)8-11-31-12-9-21-22(10-13-31)35-25(30-21)34-15-23(26)27/h2,7,14,18-19,23H,3-6,8-13,15-16H2,1H3,(H,29,32). The number of hydrogen-bond acceptors (Lipinski definition) is 7. The molecule has 192 valence electrons. The number of aryl methyl sites for hydroxylation is 1. The SMILES string of the molecule is Cc1ccc(OCC(=O)NC2CCC(CCN3CCc4nc(OCC(F)F)sc4CC3)CC2)cn1. The molecule has 10 heteroatoms. The minimum Gasteiger partial charge on any atom is -0.482 e. The largest absolute Gasteiger partial charge is 0.482 e. The van der Waals surface area contributed by atoms with E-state index in [-0.39, 0.29) is 18.6 Å². The molecule has 1 aliphatic carbocycles. The van der Waals surface area contributed by atoms with Crippen molar-refractivity contribution in [1.29, 1.82) is 0 Å². The van der Waals surface area contributed by atoms with Crippen molar-refractivity contribution in [1.82, 2.24) is 20.2 Å². The van der Waals surface area contributed by atoms with E-state index < -0.39 is 13.0 Å². The van der Waals surface area contributed by atoms with Gasteiger partial charge in [0.15, 0.2) is 13.2 Å². The number of hydrogen-bond donors (Lipinski definition) is 1. The fourth-order valence-electron chi connectivity index (χ4n) is 4.72. The van der Waals surface area contributed by atoms with Gasteiger partial charge in [0.25, 0.3) is 17.5 Å². The highest BCUT2D eigenvalue weighted by atomic mass is 32.1. The first-order valence-electron chi connectivity index (χ1n) is 12.4. The van der Waals surface area contributed by atoms with Crippen molar-refractivity contribution in [2.75, 3.05) is 32.8 Å². The highest BCUT2D eigenvalue weighted by Gasteiger charge is 2.24. The summed E-state index contributed by atoms with van der Waals surface area (Å²) in [6.45, 7) is 4.29. The first kappa shape index (κ1) is 25.8. The van der Waals surface area contributed by atoms with Crippen molar-refractivity contribution < 1.29 is 23.0 Å². The molecule has 2 aromatic heterocycles. The van der Waals surface area contributed by atoms with Crippen molar-refractivity contribution in [3.05, 3.63) is 34.6 Å². The molecule has 0 aromatic carbocycles. The third kappa shape index (κ3) is 8.10. The van der Waals surface area contributed by atoms with E-state index in [1.165, 1.54) is 11.3 Å². The van der Waals surface area contributed by atoms with Crippen LogP contribution in [0.1, 0.15) is 48.4 Å². The zero-order valence-corrected chi connectivity index (χ0v) is 21.0. The third-order valence-corrected chi connectivity index (χ3v) is 7.80. The number of alkyl halides is 2. The Morgan fingerprint density at radius 3 is 2.74 bits per heavy atom. The molecule has 0 radical (unpaired) electrons. The lowest BCUT2D eigenvalue weighted by Gasteiger charge is -2.30. The Morgan fingerprint density at radius 2 is 2.00 bits per heavy atom. The number of amides is 1. The molecule has 0 unspecified atom stereocenters. The molecule has 0 bridgehead atoms. The van der Waals surface area contributed by atoms with Crippen LogP contribution in [0.15, 0.2) is 18.3 Å². The molecule has 4 rings (SSSR count). The van der Waals surface area contributed by atoms with Crippen molar-refractivity contribution in [3.8, 4) is 10.9 Å². The van der Waals surface area contributed by atoms with Gasteiger partial charge in [0, 0.05) is 36.1 Å². The maximum Gasteiger partial charge on any atom is 0.273 e. The zero-order chi connectivity index (χ0) is 24.6. The minimum atomic E-state index is -2.48. The van der Waals surface area contributed by atoms with Crippen molar-refractivity contribution >= 4 is 17.2 Å². The van der Waals surface area contributed by atoms with E-state index in [2.05, 4.69) is 20.2 Å². The van der Waals surface area contributed by atoms with Gasteiger partial charge in [-0.15, -0.1) is 0 Å². The molecular weight excluding hydrogens is 474 g/mol. The highest BCUT2D eigenvalue weighted by molar-refractivity contribution is 7.13. The average Bonchev–Trinajstić information content (AvgIpc) is 3.15. The second-order valence-electron chi connectivity index (χ2n) is 9.39. The van der Waals surface area contributed by atoms with Crippen LogP contribution in [0.3, 0.4) is 0 Å². The third-order valence-electron chi connectivity index (χ3n) is 6.73. The van der Waals surface area contributed by atoms with E-state index in [0.717, 1.165) is 80.8 Å². The lowest BCUT2D eigenvalue weighted by atomic mass is 9.84. The first-order valence-corrected chi connectivity index (χ1v) is 13.2. The number of ether oxygens (including phenoxy) is 2. The Hall–Kier alpha value is -2.33. The number of aromatic nitrogens is 2.